The number of benzene rings is 2. The fraction of sp³-hybridized carbons (Fsp3) is 0.211. The minimum Gasteiger partial charge on any atom is -0.493 e. The molecule has 0 fully saturated rings. The molecule has 0 aliphatic carbocycles. The van der Waals surface area contributed by atoms with Crippen molar-refractivity contribution in [2.24, 2.45) is 0 Å². The van der Waals surface area contributed by atoms with Crippen molar-refractivity contribution in [2.45, 2.75) is 12.3 Å². The van der Waals surface area contributed by atoms with Crippen LogP contribution in [0.1, 0.15) is 38.6 Å². The summed E-state index contributed by atoms with van der Waals surface area (Å²) in [6, 6.07) is 12.3. The predicted octanol–water partition coefficient (Wildman–Crippen LogP) is 2.42. The van der Waals surface area contributed by atoms with Crippen molar-refractivity contribution in [3.8, 4) is 5.75 Å². The number of ether oxygens (including phenoxy) is 1. The molecule has 2 aliphatic heterocycles. The third-order valence-electron chi connectivity index (χ3n) is 4.63. The van der Waals surface area contributed by atoms with E-state index in [0.29, 0.717) is 29.8 Å². The van der Waals surface area contributed by atoms with Crippen molar-refractivity contribution < 1.29 is 19.1 Å². The van der Waals surface area contributed by atoms with Crippen molar-refractivity contribution in [1.29, 1.82) is 0 Å². The van der Waals surface area contributed by atoms with Gasteiger partial charge in [0.15, 0.2) is 0 Å². The highest BCUT2D eigenvalue weighted by Crippen LogP contribution is 2.34. The molecule has 25 heavy (non-hydrogen) atoms. The molecular formula is C19H16N2O4. The minimum atomic E-state index is -0.354. The average Bonchev–Trinajstić information content (AvgIpc) is 2.85. The van der Waals surface area contributed by atoms with E-state index in [9.17, 15) is 14.4 Å². The van der Waals surface area contributed by atoms with Crippen LogP contribution < -0.4 is 10.1 Å². The summed E-state index contributed by atoms with van der Waals surface area (Å²) in [6.07, 6.45) is 0.591. The topological polar surface area (TPSA) is 75.7 Å². The summed E-state index contributed by atoms with van der Waals surface area (Å²) in [5.41, 5.74) is 2.04. The molecule has 2 aromatic rings. The zero-order valence-electron chi connectivity index (χ0n) is 13.6. The minimum absolute atomic E-state index is 0.152. The van der Waals surface area contributed by atoms with Gasteiger partial charge in [-0.2, -0.15) is 0 Å². The third-order valence-corrected chi connectivity index (χ3v) is 4.63. The van der Waals surface area contributed by atoms with Gasteiger partial charge >= 0.3 is 0 Å². The Morgan fingerprint density at radius 2 is 1.88 bits per heavy atom. The first-order valence-electron chi connectivity index (χ1n) is 8.05. The van der Waals surface area contributed by atoms with Gasteiger partial charge in [-0.25, -0.2) is 0 Å². The quantitative estimate of drug-likeness (QED) is 0.855. The van der Waals surface area contributed by atoms with Gasteiger partial charge in [-0.3, -0.25) is 19.3 Å². The lowest BCUT2D eigenvalue weighted by Gasteiger charge is -2.25. The van der Waals surface area contributed by atoms with E-state index >= 15 is 0 Å². The molecule has 1 N–H and O–H groups in total. The van der Waals surface area contributed by atoms with Gasteiger partial charge in [0.25, 0.3) is 11.8 Å². The van der Waals surface area contributed by atoms with Crippen LogP contribution in [0.25, 0.3) is 0 Å². The molecule has 1 atom stereocenters. The van der Waals surface area contributed by atoms with E-state index in [0.717, 1.165) is 16.2 Å². The molecule has 3 amide bonds. The van der Waals surface area contributed by atoms with Crippen LogP contribution >= 0.6 is 0 Å². The third kappa shape index (κ3) is 2.46. The summed E-state index contributed by atoms with van der Waals surface area (Å²) < 4.78 is 5.58. The van der Waals surface area contributed by atoms with E-state index in [2.05, 4.69) is 5.32 Å². The van der Waals surface area contributed by atoms with Crippen LogP contribution in [0.4, 0.5) is 5.69 Å². The first-order valence-corrected chi connectivity index (χ1v) is 8.05. The van der Waals surface area contributed by atoms with E-state index in [4.69, 9.17) is 4.74 Å². The number of carbonyl (C=O) groups is 3. The number of hydrogen-bond acceptors (Lipinski definition) is 4. The Morgan fingerprint density at radius 1 is 1.12 bits per heavy atom. The summed E-state index contributed by atoms with van der Waals surface area (Å²) in [5, 5.41) is 2.86. The smallest absolute Gasteiger partial charge is 0.261 e. The van der Waals surface area contributed by atoms with Gasteiger partial charge in [-0.05, 0) is 30.7 Å². The standard InChI is InChI=1S/C19H16N2O4/c1-21-18(23)14-7-6-11(10-15(14)19(21)24)20-17(22)13-8-9-25-16-5-3-2-4-12(13)16/h2-7,10,13H,8-9H2,1H3,(H,20,22). The maximum Gasteiger partial charge on any atom is 0.261 e. The Balaban J connectivity index is 1.59. The number of nitrogens with zero attached hydrogens (tertiary/aromatic N) is 1. The molecule has 2 aromatic carbocycles. The van der Waals surface area contributed by atoms with E-state index in [1.165, 1.54) is 7.05 Å². The van der Waals surface area contributed by atoms with Crippen molar-refractivity contribution in [3.63, 3.8) is 0 Å². The first kappa shape index (κ1) is 15.4. The van der Waals surface area contributed by atoms with Gasteiger partial charge in [-0.1, -0.05) is 18.2 Å². The molecular weight excluding hydrogens is 320 g/mol. The van der Waals surface area contributed by atoms with E-state index in [1.54, 1.807) is 18.2 Å². The SMILES string of the molecule is CN1C(=O)c2ccc(NC(=O)C3CCOc4ccccc43)cc2C1=O. The molecule has 0 spiro atoms. The second-order valence-corrected chi connectivity index (χ2v) is 6.15. The monoisotopic (exact) mass is 336 g/mol. The number of carbonyl (C=O) groups excluding carboxylic acids is 3. The van der Waals surface area contributed by atoms with Crippen LogP contribution in [-0.4, -0.2) is 36.3 Å². The summed E-state index contributed by atoms with van der Waals surface area (Å²) >= 11 is 0. The van der Waals surface area contributed by atoms with Gasteiger partial charge in [0.2, 0.25) is 5.91 Å². The normalized spacial score (nSPS) is 18.4. The zero-order chi connectivity index (χ0) is 17.6. The highest BCUT2D eigenvalue weighted by molar-refractivity contribution is 6.21. The first-order chi connectivity index (χ1) is 12.1. The largest absolute Gasteiger partial charge is 0.493 e. The molecule has 4 rings (SSSR count). The van der Waals surface area contributed by atoms with Crippen LogP contribution in [0, 0.1) is 0 Å². The van der Waals surface area contributed by atoms with Crippen LogP contribution in [0.3, 0.4) is 0 Å². The number of fused-ring (bicyclic) bond motifs is 2. The molecule has 6 heteroatoms. The second-order valence-electron chi connectivity index (χ2n) is 6.15. The van der Waals surface area contributed by atoms with Gasteiger partial charge < -0.3 is 10.1 Å². The van der Waals surface area contributed by atoms with Crippen LogP contribution in [-0.2, 0) is 4.79 Å². The van der Waals surface area contributed by atoms with Gasteiger partial charge in [0.05, 0.1) is 23.7 Å². The number of imide groups is 1. The van der Waals surface area contributed by atoms with Crippen molar-refractivity contribution in [2.75, 3.05) is 19.0 Å². The Morgan fingerprint density at radius 3 is 2.72 bits per heavy atom. The van der Waals surface area contributed by atoms with Crippen molar-refractivity contribution in [3.05, 3.63) is 59.2 Å². The molecule has 126 valence electrons. The summed E-state index contributed by atoms with van der Waals surface area (Å²) in [5.74, 6) is -0.409. The maximum absolute atomic E-state index is 12.7. The van der Waals surface area contributed by atoms with Crippen LogP contribution in [0.5, 0.6) is 5.75 Å². The summed E-state index contributed by atoms with van der Waals surface area (Å²) in [6.45, 7) is 0.483. The van der Waals surface area contributed by atoms with Crippen molar-refractivity contribution in [1.82, 2.24) is 4.90 Å². The lowest BCUT2D eigenvalue weighted by Crippen LogP contribution is -2.26. The lowest BCUT2D eigenvalue weighted by molar-refractivity contribution is -0.118. The highest BCUT2D eigenvalue weighted by atomic mass is 16.5. The Kier molecular flexibility index (Phi) is 3.53. The van der Waals surface area contributed by atoms with Gasteiger partial charge in [-0.15, -0.1) is 0 Å². The molecule has 0 aromatic heterocycles. The number of amides is 3. The number of nitrogens with one attached hydrogen (secondary N) is 1. The molecule has 0 radical (unpaired) electrons. The Labute approximate surface area is 144 Å². The molecule has 1 unspecified atom stereocenters. The maximum atomic E-state index is 12.7. The average molecular weight is 336 g/mol. The van der Waals surface area contributed by atoms with Crippen LogP contribution in [0.15, 0.2) is 42.5 Å². The van der Waals surface area contributed by atoms with Gasteiger partial charge in [0, 0.05) is 18.3 Å². The van der Waals surface area contributed by atoms with E-state index < -0.39 is 0 Å². The summed E-state index contributed by atoms with van der Waals surface area (Å²) in [4.78, 5) is 37.8. The Bertz CT molecular complexity index is 906. The van der Waals surface area contributed by atoms with Crippen molar-refractivity contribution >= 4 is 23.4 Å². The van der Waals surface area contributed by atoms with E-state index in [1.807, 2.05) is 24.3 Å². The molecule has 0 saturated carbocycles. The number of para-hydroxylation sites is 1. The zero-order valence-corrected chi connectivity index (χ0v) is 13.6. The van der Waals surface area contributed by atoms with Crippen LogP contribution in [0.2, 0.25) is 0 Å². The molecule has 0 saturated heterocycles. The Hall–Kier alpha value is -3.15. The molecule has 0 bridgehead atoms. The highest BCUT2D eigenvalue weighted by Gasteiger charge is 2.33. The fourth-order valence-electron chi connectivity index (χ4n) is 3.28. The van der Waals surface area contributed by atoms with Gasteiger partial charge in [0.1, 0.15) is 5.75 Å². The predicted molar refractivity (Wildman–Crippen MR) is 90.8 cm³/mol. The molecule has 2 heterocycles. The lowest BCUT2D eigenvalue weighted by atomic mass is 9.92. The second kappa shape index (κ2) is 5.73. The summed E-state index contributed by atoms with van der Waals surface area (Å²) in [7, 11) is 1.45. The van der Waals surface area contributed by atoms with E-state index in [-0.39, 0.29) is 23.6 Å². The number of rotatable bonds is 2. The number of hydrogen-bond donors (Lipinski definition) is 1. The fourth-order valence-corrected chi connectivity index (χ4v) is 3.28. The number of anilines is 1. The molecule has 6 nitrogen and oxygen atoms in total. The molecule has 2 aliphatic rings.